The minimum Gasteiger partial charge on any atom is -0.384 e. The van der Waals surface area contributed by atoms with Gasteiger partial charge in [0, 0.05) is 55.3 Å². The van der Waals surface area contributed by atoms with Crippen LogP contribution in [-0.2, 0) is 19.5 Å². The predicted molar refractivity (Wildman–Crippen MR) is 142 cm³/mol. The number of nitrogens with two attached hydrogens (primary N) is 1. The average molecular weight is 480 g/mol. The number of amidine groups is 1. The second-order valence-electron chi connectivity index (χ2n) is 8.64. The van der Waals surface area contributed by atoms with Crippen molar-refractivity contribution >= 4 is 11.7 Å². The maximum absolute atomic E-state index is 12.8. The van der Waals surface area contributed by atoms with Crippen LogP contribution in [0.15, 0.2) is 95.0 Å². The van der Waals surface area contributed by atoms with E-state index in [4.69, 9.17) is 5.73 Å². The second-order valence-corrected chi connectivity index (χ2v) is 8.64. The van der Waals surface area contributed by atoms with E-state index in [0.717, 1.165) is 33.5 Å². The van der Waals surface area contributed by atoms with Gasteiger partial charge in [-0.3, -0.25) is 19.6 Å². The number of amides is 1. The van der Waals surface area contributed by atoms with Crippen molar-refractivity contribution in [3.63, 3.8) is 0 Å². The fraction of sp³-hybridized carbons (Fsp3) is 0.172. The summed E-state index contributed by atoms with van der Waals surface area (Å²) < 4.78 is 1.67. The molecule has 2 aromatic carbocycles. The first-order valence-electron chi connectivity index (χ1n) is 11.7. The van der Waals surface area contributed by atoms with Crippen LogP contribution >= 0.6 is 0 Å². The van der Waals surface area contributed by atoms with E-state index in [1.54, 1.807) is 42.2 Å². The molecular formula is C29H29N5O2. The van der Waals surface area contributed by atoms with Crippen molar-refractivity contribution < 1.29 is 4.79 Å². The van der Waals surface area contributed by atoms with Crippen molar-refractivity contribution in [3.8, 4) is 0 Å². The Morgan fingerprint density at radius 2 is 1.75 bits per heavy atom. The fourth-order valence-electron chi connectivity index (χ4n) is 4.00. The lowest BCUT2D eigenvalue weighted by Crippen LogP contribution is -2.23. The Labute approximate surface area is 210 Å². The lowest BCUT2D eigenvalue weighted by atomic mass is 10.0. The molecule has 0 radical (unpaired) electrons. The van der Waals surface area contributed by atoms with Gasteiger partial charge in [-0.2, -0.15) is 0 Å². The number of carbonyl (C=O) groups excluding carboxylic acids is 1. The molecular weight excluding hydrogens is 450 g/mol. The van der Waals surface area contributed by atoms with E-state index in [9.17, 15) is 9.59 Å². The highest BCUT2D eigenvalue weighted by molar-refractivity contribution is 5.98. The van der Waals surface area contributed by atoms with Crippen LogP contribution in [0.4, 0.5) is 0 Å². The zero-order chi connectivity index (χ0) is 25.5. The lowest BCUT2D eigenvalue weighted by Gasteiger charge is -2.10. The summed E-state index contributed by atoms with van der Waals surface area (Å²) in [5.74, 6) is 0.340. The highest BCUT2D eigenvalue weighted by Gasteiger charge is 2.09. The quantitative estimate of drug-likeness (QED) is 0.298. The maximum Gasteiger partial charge on any atom is 0.251 e. The molecule has 0 saturated heterocycles. The van der Waals surface area contributed by atoms with Crippen LogP contribution in [0, 0.1) is 6.92 Å². The van der Waals surface area contributed by atoms with Crippen LogP contribution in [0.1, 0.15) is 43.9 Å². The normalized spacial score (nSPS) is 11.3. The van der Waals surface area contributed by atoms with Gasteiger partial charge in [0.05, 0.1) is 6.54 Å². The zero-order valence-corrected chi connectivity index (χ0v) is 20.4. The highest BCUT2D eigenvalue weighted by Crippen LogP contribution is 2.13. The highest BCUT2D eigenvalue weighted by atomic mass is 16.1. The zero-order valence-electron chi connectivity index (χ0n) is 20.4. The summed E-state index contributed by atoms with van der Waals surface area (Å²) in [6.07, 6.45) is 4.05. The summed E-state index contributed by atoms with van der Waals surface area (Å²) >= 11 is 0. The SMILES string of the molecule is CN=C(N)c1ccc(CNC(=O)c2ccnc(Cc3ccc(Cn4ccccc4=O)cc3)c2)cc1C. The number of hydrogen-bond donors (Lipinski definition) is 2. The fourth-order valence-corrected chi connectivity index (χ4v) is 4.00. The summed E-state index contributed by atoms with van der Waals surface area (Å²) in [7, 11) is 1.66. The standard InChI is InChI=1S/C29H29N5O2/c1-20-15-23(10-11-26(20)28(30)31-2)18-33-29(36)24-12-13-32-25(17-24)16-21-6-8-22(9-7-21)19-34-14-4-3-5-27(34)35/h3-15,17H,16,18-19H2,1-2H3,(H2,30,31)(H,33,36). The van der Waals surface area contributed by atoms with Gasteiger partial charge in [0.15, 0.2) is 0 Å². The molecule has 0 bridgehead atoms. The molecule has 3 N–H and O–H groups in total. The van der Waals surface area contributed by atoms with Crippen molar-refractivity contribution in [2.24, 2.45) is 10.7 Å². The molecule has 0 aliphatic carbocycles. The Morgan fingerprint density at radius 1 is 1.00 bits per heavy atom. The number of benzene rings is 2. The minimum atomic E-state index is -0.154. The first-order valence-corrected chi connectivity index (χ1v) is 11.7. The van der Waals surface area contributed by atoms with Crippen molar-refractivity contribution in [2.75, 3.05) is 7.05 Å². The van der Waals surface area contributed by atoms with Gasteiger partial charge < -0.3 is 15.6 Å². The van der Waals surface area contributed by atoms with Crippen molar-refractivity contribution in [3.05, 3.63) is 135 Å². The van der Waals surface area contributed by atoms with Crippen LogP contribution in [0.25, 0.3) is 0 Å². The van der Waals surface area contributed by atoms with Crippen LogP contribution in [0.2, 0.25) is 0 Å². The van der Waals surface area contributed by atoms with E-state index >= 15 is 0 Å². The van der Waals surface area contributed by atoms with Gasteiger partial charge in [0.2, 0.25) is 0 Å². The van der Waals surface area contributed by atoms with Gasteiger partial charge in [-0.05, 0) is 47.4 Å². The van der Waals surface area contributed by atoms with Crippen LogP contribution < -0.4 is 16.6 Å². The minimum absolute atomic E-state index is 0.0244. The number of nitrogens with one attached hydrogen (secondary N) is 1. The van der Waals surface area contributed by atoms with Crippen LogP contribution in [-0.4, -0.2) is 28.3 Å². The summed E-state index contributed by atoms with van der Waals surface area (Å²) in [4.78, 5) is 33.2. The Hall–Kier alpha value is -4.52. The first-order chi connectivity index (χ1) is 17.4. The molecule has 0 unspecified atom stereocenters. The van der Waals surface area contributed by atoms with Gasteiger partial charge in [-0.1, -0.05) is 48.5 Å². The number of aromatic nitrogens is 2. The molecule has 0 aliphatic heterocycles. The number of nitrogens with zero attached hydrogens (tertiary/aromatic N) is 3. The van der Waals surface area contributed by atoms with Gasteiger partial charge >= 0.3 is 0 Å². The van der Waals surface area contributed by atoms with Crippen LogP contribution in [0.5, 0.6) is 0 Å². The third kappa shape index (κ3) is 6.13. The van der Waals surface area contributed by atoms with Gasteiger partial charge in [-0.15, -0.1) is 0 Å². The smallest absolute Gasteiger partial charge is 0.251 e. The molecule has 182 valence electrons. The Balaban J connectivity index is 1.37. The molecule has 36 heavy (non-hydrogen) atoms. The van der Waals surface area contributed by atoms with E-state index in [2.05, 4.69) is 15.3 Å². The first kappa shape index (κ1) is 24.6. The van der Waals surface area contributed by atoms with Crippen molar-refractivity contribution in [1.29, 1.82) is 0 Å². The molecule has 0 aliphatic rings. The summed E-state index contributed by atoms with van der Waals surface area (Å²) in [6, 6.07) is 22.6. The molecule has 4 aromatic rings. The second kappa shape index (κ2) is 11.3. The van der Waals surface area contributed by atoms with Crippen molar-refractivity contribution in [1.82, 2.24) is 14.9 Å². The number of carbonyl (C=O) groups is 1. The molecule has 0 atom stereocenters. The van der Waals surface area contributed by atoms with E-state index < -0.39 is 0 Å². The molecule has 2 aromatic heterocycles. The molecule has 0 saturated carbocycles. The Bertz CT molecular complexity index is 1460. The van der Waals surface area contributed by atoms with E-state index in [0.29, 0.717) is 30.9 Å². The molecule has 0 spiro atoms. The Kier molecular flexibility index (Phi) is 7.70. The molecule has 2 heterocycles. The maximum atomic E-state index is 12.8. The van der Waals surface area contributed by atoms with E-state index in [1.807, 2.05) is 61.5 Å². The van der Waals surface area contributed by atoms with E-state index in [-0.39, 0.29) is 11.5 Å². The average Bonchev–Trinajstić information content (AvgIpc) is 2.89. The number of rotatable bonds is 8. The third-order valence-corrected chi connectivity index (χ3v) is 6.00. The van der Waals surface area contributed by atoms with Gasteiger partial charge in [0.1, 0.15) is 5.84 Å². The van der Waals surface area contributed by atoms with Crippen molar-refractivity contribution in [2.45, 2.75) is 26.4 Å². The lowest BCUT2D eigenvalue weighted by molar-refractivity contribution is 0.0950. The largest absolute Gasteiger partial charge is 0.384 e. The molecule has 1 amide bonds. The van der Waals surface area contributed by atoms with E-state index in [1.165, 1.54) is 0 Å². The summed E-state index contributed by atoms with van der Waals surface area (Å²) in [5, 5.41) is 2.98. The summed E-state index contributed by atoms with van der Waals surface area (Å²) in [6.45, 7) is 2.91. The van der Waals surface area contributed by atoms with Gasteiger partial charge in [0.25, 0.3) is 11.5 Å². The number of aryl methyl sites for hydroxylation is 1. The monoisotopic (exact) mass is 479 g/mol. The number of hydrogen-bond acceptors (Lipinski definition) is 4. The Morgan fingerprint density at radius 3 is 2.47 bits per heavy atom. The molecule has 4 rings (SSSR count). The molecule has 7 nitrogen and oxygen atoms in total. The molecule has 0 fully saturated rings. The number of aliphatic imine (C=N–C) groups is 1. The molecule has 7 heteroatoms. The number of pyridine rings is 2. The third-order valence-electron chi connectivity index (χ3n) is 6.00. The van der Waals surface area contributed by atoms with Crippen LogP contribution in [0.3, 0.4) is 0 Å². The van der Waals surface area contributed by atoms with Gasteiger partial charge in [-0.25, -0.2) is 0 Å². The predicted octanol–water partition coefficient (Wildman–Crippen LogP) is 3.46. The topological polar surface area (TPSA) is 102 Å². The summed E-state index contributed by atoms with van der Waals surface area (Å²) in [5.41, 5.74) is 12.3.